The molecule has 0 amide bonds. The van der Waals surface area contributed by atoms with Crippen molar-refractivity contribution in [3.63, 3.8) is 0 Å². The van der Waals surface area contributed by atoms with E-state index in [4.69, 9.17) is 0 Å². The van der Waals surface area contributed by atoms with Crippen LogP contribution in [0.15, 0.2) is 6.07 Å². The van der Waals surface area contributed by atoms with E-state index in [1.807, 2.05) is 0 Å². The largest absolute Gasteiger partial charge is 0.504 e. The molecule has 5 N–H and O–H groups in total. The molecule has 6 atom stereocenters. The summed E-state index contributed by atoms with van der Waals surface area (Å²) in [5.41, 5.74) is 1.02. The molecule has 0 aromatic heterocycles. The van der Waals surface area contributed by atoms with Gasteiger partial charge in [0.15, 0.2) is 11.5 Å². The molecule has 0 bridgehead atoms. The number of aliphatic hydroxyl groups excluding tert-OH is 2. The van der Waals surface area contributed by atoms with E-state index in [2.05, 4.69) is 6.92 Å². The van der Waals surface area contributed by atoms with Crippen LogP contribution in [0.25, 0.3) is 0 Å². The van der Waals surface area contributed by atoms with Gasteiger partial charge in [0.05, 0.1) is 12.2 Å². The number of phenolic OH excluding ortho intramolecular Hbond substituents is 3. The lowest BCUT2D eigenvalue weighted by Gasteiger charge is -2.51. The number of fused-ring (bicyclic) bond motifs is 5. The topological polar surface area (TPSA) is 101 Å². The van der Waals surface area contributed by atoms with Crippen molar-refractivity contribution in [2.24, 2.45) is 17.3 Å². The van der Waals surface area contributed by atoms with Gasteiger partial charge in [0.25, 0.3) is 0 Å². The average molecular weight is 320 g/mol. The molecule has 1 aromatic rings. The highest BCUT2D eigenvalue weighted by Crippen LogP contribution is 2.63. The molecule has 3 aliphatic carbocycles. The molecular weight excluding hydrogens is 296 g/mol. The monoisotopic (exact) mass is 320 g/mol. The van der Waals surface area contributed by atoms with Crippen LogP contribution >= 0.6 is 0 Å². The number of rotatable bonds is 0. The summed E-state index contributed by atoms with van der Waals surface area (Å²) < 4.78 is 0. The Balaban J connectivity index is 1.81. The van der Waals surface area contributed by atoms with Crippen molar-refractivity contribution in [2.45, 2.75) is 57.2 Å². The Morgan fingerprint density at radius 3 is 2.52 bits per heavy atom. The third-order valence-corrected chi connectivity index (χ3v) is 6.94. The number of phenols is 3. The van der Waals surface area contributed by atoms with Crippen LogP contribution < -0.4 is 0 Å². The highest BCUT2D eigenvalue weighted by atomic mass is 16.3. The van der Waals surface area contributed by atoms with Crippen molar-refractivity contribution in [1.82, 2.24) is 0 Å². The Labute approximate surface area is 135 Å². The molecule has 2 unspecified atom stereocenters. The molecule has 3 aliphatic rings. The second-order valence-electron chi connectivity index (χ2n) is 7.86. The number of benzene rings is 1. The lowest BCUT2D eigenvalue weighted by molar-refractivity contribution is -0.0376. The van der Waals surface area contributed by atoms with Gasteiger partial charge in [0, 0.05) is 5.56 Å². The molecule has 0 spiro atoms. The minimum Gasteiger partial charge on any atom is -0.504 e. The van der Waals surface area contributed by atoms with Gasteiger partial charge in [-0.15, -0.1) is 0 Å². The number of hydrogen-bond donors (Lipinski definition) is 5. The van der Waals surface area contributed by atoms with E-state index < -0.39 is 17.6 Å². The zero-order chi connectivity index (χ0) is 16.5. The molecule has 23 heavy (non-hydrogen) atoms. The quantitative estimate of drug-likeness (QED) is 0.473. The standard InChI is InChI=1S/C18H24O5/c1-18-5-4-8-9(11(18)2-3-14(18)21)6-12(19)15-10(8)7-13(20)16(22)17(15)23/h7-9,11-12,14,19-23H,2-6H2,1H3/t8-,9+,11-,12?,14?,18-/m0/s1. The maximum absolute atomic E-state index is 10.6. The average Bonchev–Trinajstić information content (AvgIpc) is 2.80. The normalized spacial score (nSPS) is 42.0. The summed E-state index contributed by atoms with van der Waals surface area (Å²) in [5.74, 6) is -0.569. The van der Waals surface area contributed by atoms with E-state index in [0.717, 1.165) is 31.2 Å². The van der Waals surface area contributed by atoms with Crippen LogP contribution in [0.1, 0.15) is 62.2 Å². The highest BCUT2D eigenvalue weighted by Gasteiger charge is 2.55. The van der Waals surface area contributed by atoms with E-state index in [1.54, 1.807) is 0 Å². The van der Waals surface area contributed by atoms with Crippen LogP contribution in [0.2, 0.25) is 0 Å². The van der Waals surface area contributed by atoms with Crippen molar-refractivity contribution >= 4 is 0 Å². The summed E-state index contributed by atoms with van der Waals surface area (Å²) in [6.45, 7) is 2.15. The second kappa shape index (κ2) is 4.77. The fourth-order valence-electron chi connectivity index (χ4n) is 5.69. The maximum Gasteiger partial charge on any atom is 0.200 e. The summed E-state index contributed by atoms with van der Waals surface area (Å²) in [6.07, 6.45) is 2.92. The van der Waals surface area contributed by atoms with Crippen LogP contribution in [0.4, 0.5) is 0 Å². The summed E-state index contributed by atoms with van der Waals surface area (Å²) in [7, 11) is 0. The minimum absolute atomic E-state index is 0.0978. The predicted octanol–water partition coefficient (Wildman–Crippen LogP) is 2.51. The van der Waals surface area contributed by atoms with Gasteiger partial charge in [0.1, 0.15) is 0 Å². The third-order valence-electron chi connectivity index (χ3n) is 6.94. The molecule has 4 rings (SSSR count). The Morgan fingerprint density at radius 2 is 1.78 bits per heavy atom. The summed E-state index contributed by atoms with van der Waals surface area (Å²) in [6, 6.07) is 1.50. The molecule has 2 saturated carbocycles. The van der Waals surface area contributed by atoms with E-state index >= 15 is 0 Å². The fourth-order valence-corrected chi connectivity index (χ4v) is 5.69. The first-order valence-corrected chi connectivity index (χ1v) is 8.48. The van der Waals surface area contributed by atoms with E-state index in [1.165, 1.54) is 6.07 Å². The maximum atomic E-state index is 10.6. The first-order valence-electron chi connectivity index (χ1n) is 8.48. The van der Waals surface area contributed by atoms with Crippen LogP contribution in [-0.2, 0) is 0 Å². The van der Waals surface area contributed by atoms with Gasteiger partial charge in [-0.05, 0) is 66.9 Å². The SMILES string of the molecule is C[C@]12CC[C@@H]3c4cc(O)c(O)c(O)c4C(O)C[C@H]3[C@@H]1CCC2O. The van der Waals surface area contributed by atoms with Crippen LogP contribution in [0.3, 0.4) is 0 Å². The first kappa shape index (κ1) is 15.1. The Hall–Kier alpha value is -1.46. The van der Waals surface area contributed by atoms with Crippen molar-refractivity contribution in [2.75, 3.05) is 0 Å². The number of aliphatic hydroxyl groups is 2. The fraction of sp³-hybridized carbons (Fsp3) is 0.667. The van der Waals surface area contributed by atoms with E-state index in [-0.39, 0.29) is 29.1 Å². The predicted molar refractivity (Wildman–Crippen MR) is 83.3 cm³/mol. The molecule has 126 valence electrons. The Morgan fingerprint density at radius 1 is 1.04 bits per heavy atom. The first-order chi connectivity index (χ1) is 10.8. The molecule has 0 radical (unpaired) electrons. The van der Waals surface area contributed by atoms with E-state index in [9.17, 15) is 25.5 Å². The molecule has 0 aliphatic heterocycles. The van der Waals surface area contributed by atoms with Gasteiger partial charge in [-0.25, -0.2) is 0 Å². The summed E-state index contributed by atoms with van der Waals surface area (Å²) in [5, 5.41) is 50.7. The van der Waals surface area contributed by atoms with Gasteiger partial charge < -0.3 is 25.5 Å². The molecule has 5 nitrogen and oxygen atoms in total. The third kappa shape index (κ3) is 1.86. The van der Waals surface area contributed by atoms with E-state index in [0.29, 0.717) is 17.9 Å². The minimum atomic E-state index is -0.849. The molecule has 0 heterocycles. The zero-order valence-electron chi connectivity index (χ0n) is 13.2. The van der Waals surface area contributed by atoms with Crippen molar-refractivity contribution in [1.29, 1.82) is 0 Å². The Kier molecular flexibility index (Phi) is 3.13. The molecular formula is C18H24O5. The zero-order valence-corrected chi connectivity index (χ0v) is 13.2. The van der Waals surface area contributed by atoms with Gasteiger partial charge in [0.2, 0.25) is 5.75 Å². The van der Waals surface area contributed by atoms with Crippen LogP contribution in [0.5, 0.6) is 17.2 Å². The van der Waals surface area contributed by atoms with Crippen LogP contribution in [-0.4, -0.2) is 31.6 Å². The smallest absolute Gasteiger partial charge is 0.200 e. The molecule has 0 saturated heterocycles. The van der Waals surface area contributed by atoms with Gasteiger partial charge >= 0.3 is 0 Å². The molecule has 1 aromatic carbocycles. The van der Waals surface area contributed by atoms with Gasteiger partial charge in [-0.3, -0.25) is 0 Å². The van der Waals surface area contributed by atoms with Crippen molar-refractivity contribution in [3.05, 3.63) is 17.2 Å². The highest BCUT2D eigenvalue weighted by molar-refractivity contribution is 5.59. The summed E-state index contributed by atoms with van der Waals surface area (Å²) in [4.78, 5) is 0. The van der Waals surface area contributed by atoms with Crippen LogP contribution in [0, 0.1) is 17.3 Å². The van der Waals surface area contributed by atoms with Gasteiger partial charge in [-0.2, -0.15) is 0 Å². The van der Waals surface area contributed by atoms with Crippen molar-refractivity contribution in [3.8, 4) is 17.2 Å². The number of hydrogen-bond acceptors (Lipinski definition) is 5. The lowest BCUT2D eigenvalue weighted by atomic mass is 9.55. The van der Waals surface area contributed by atoms with Gasteiger partial charge in [-0.1, -0.05) is 6.92 Å². The number of aromatic hydroxyl groups is 3. The Bertz CT molecular complexity index is 657. The lowest BCUT2D eigenvalue weighted by Crippen LogP contribution is -2.44. The second-order valence-corrected chi connectivity index (χ2v) is 7.86. The molecule has 5 heteroatoms. The van der Waals surface area contributed by atoms with Crippen molar-refractivity contribution < 1.29 is 25.5 Å². The summed E-state index contributed by atoms with van der Waals surface area (Å²) >= 11 is 0. The molecule has 2 fully saturated rings.